The summed E-state index contributed by atoms with van der Waals surface area (Å²) in [5, 5.41) is 9.75. The molecule has 1 N–H and O–H groups in total. The van der Waals surface area contributed by atoms with Crippen molar-refractivity contribution in [2.24, 2.45) is 0 Å². The molecule has 0 aliphatic carbocycles. The van der Waals surface area contributed by atoms with Crippen LogP contribution in [0.25, 0.3) is 10.9 Å². The lowest BCUT2D eigenvalue weighted by atomic mass is 10.1. The molecule has 0 aliphatic rings. The topological polar surface area (TPSA) is 50.2 Å². The number of carboxylic acids is 1. The molecule has 0 unspecified atom stereocenters. The Bertz CT molecular complexity index is 556. The summed E-state index contributed by atoms with van der Waals surface area (Å²) in [6.07, 6.45) is 0. The first-order valence-corrected chi connectivity index (χ1v) is 5.24. The predicted molar refractivity (Wildman–Crippen MR) is 61.4 cm³/mol. The molecule has 3 nitrogen and oxygen atoms in total. The van der Waals surface area contributed by atoms with Gasteiger partial charge in [-0.15, -0.1) is 0 Å². The molecule has 0 aliphatic heterocycles. The molecule has 1 aromatic carbocycles. The second kappa shape index (κ2) is 3.79. The fraction of sp³-hybridized carbons (Fsp3) is 0. The van der Waals surface area contributed by atoms with Crippen molar-refractivity contribution in [1.29, 1.82) is 0 Å². The average Bonchev–Trinajstić information content (AvgIpc) is 2.17. The number of benzene rings is 1. The van der Waals surface area contributed by atoms with E-state index in [-0.39, 0.29) is 10.7 Å². The summed E-state index contributed by atoms with van der Waals surface area (Å²) in [7, 11) is 0. The van der Waals surface area contributed by atoms with Crippen molar-refractivity contribution >= 4 is 44.4 Å². The maximum Gasteiger partial charge on any atom is 0.336 e. The van der Waals surface area contributed by atoms with E-state index in [1.54, 1.807) is 18.2 Å². The van der Waals surface area contributed by atoms with Crippen LogP contribution in [0.1, 0.15) is 10.4 Å². The van der Waals surface area contributed by atoms with Gasteiger partial charge in [0.15, 0.2) is 0 Å². The minimum absolute atomic E-state index is 0.159. The van der Waals surface area contributed by atoms with E-state index < -0.39 is 5.97 Å². The molecule has 1 heterocycles. The summed E-state index contributed by atoms with van der Waals surface area (Å²) < 4.78 is 0.807. The number of fused-ring (bicyclic) bond motifs is 1. The van der Waals surface area contributed by atoms with Crippen LogP contribution in [0.15, 0.2) is 28.7 Å². The third kappa shape index (κ3) is 1.96. The lowest BCUT2D eigenvalue weighted by Crippen LogP contribution is -1.98. The highest BCUT2D eigenvalue weighted by Crippen LogP contribution is 2.24. The maximum absolute atomic E-state index is 11.0. The van der Waals surface area contributed by atoms with Gasteiger partial charge in [0.25, 0.3) is 0 Å². The molecule has 2 rings (SSSR count). The molecule has 0 radical (unpaired) electrons. The number of hydrogen-bond donors (Lipinski definition) is 1. The van der Waals surface area contributed by atoms with Crippen molar-refractivity contribution in [1.82, 2.24) is 4.98 Å². The molecule has 0 atom stereocenters. The number of pyridine rings is 1. The van der Waals surface area contributed by atoms with Gasteiger partial charge in [-0.2, -0.15) is 0 Å². The van der Waals surface area contributed by atoms with E-state index in [0.29, 0.717) is 10.9 Å². The van der Waals surface area contributed by atoms with E-state index in [1.165, 1.54) is 6.07 Å². The molecule has 0 saturated carbocycles. The number of halogens is 2. The quantitative estimate of drug-likeness (QED) is 0.818. The van der Waals surface area contributed by atoms with E-state index in [0.717, 1.165) is 4.47 Å². The number of hydrogen-bond acceptors (Lipinski definition) is 2. The van der Waals surface area contributed by atoms with Crippen LogP contribution in [-0.4, -0.2) is 16.1 Å². The number of carbonyl (C=O) groups is 1. The zero-order valence-corrected chi connectivity index (χ0v) is 9.71. The van der Waals surface area contributed by atoms with Gasteiger partial charge < -0.3 is 5.11 Å². The molecule has 0 bridgehead atoms. The standard InChI is InChI=1S/C10H5BrClNO2/c11-5-1-2-8-6(3-5)7(10(14)15)4-9(12)13-8/h1-4H,(H,14,15). The molecular formula is C10H5BrClNO2. The number of rotatable bonds is 1. The van der Waals surface area contributed by atoms with E-state index >= 15 is 0 Å². The van der Waals surface area contributed by atoms with Gasteiger partial charge >= 0.3 is 5.97 Å². The predicted octanol–water partition coefficient (Wildman–Crippen LogP) is 3.35. The fourth-order valence-electron chi connectivity index (χ4n) is 1.34. The highest BCUT2D eigenvalue weighted by Gasteiger charge is 2.11. The monoisotopic (exact) mass is 285 g/mol. The molecule has 0 amide bonds. The fourth-order valence-corrected chi connectivity index (χ4v) is 1.90. The van der Waals surface area contributed by atoms with Gasteiger partial charge in [-0.05, 0) is 24.3 Å². The van der Waals surface area contributed by atoms with Crippen LogP contribution in [0, 0.1) is 0 Å². The zero-order valence-electron chi connectivity index (χ0n) is 7.37. The van der Waals surface area contributed by atoms with Gasteiger partial charge in [0, 0.05) is 9.86 Å². The van der Waals surface area contributed by atoms with Crippen molar-refractivity contribution in [2.45, 2.75) is 0 Å². The van der Waals surface area contributed by atoms with Crippen LogP contribution < -0.4 is 0 Å². The van der Waals surface area contributed by atoms with Gasteiger partial charge in [0.2, 0.25) is 0 Å². The van der Waals surface area contributed by atoms with Crippen LogP contribution in [-0.2, 0) is 0 Å². The summed E-state index contributed by atoms with van der Waals surface area (Å²) in [5.74, 6) is -1.01. The summed E-state index contributed by atoms with van der Waals surface area (Å²) in [6.45, 7) is 0. The summed E-state index contributed by atoms with van der Waals surface area (Å²) >= 11 is 9.00. The van der Waals surface area contributed by atoms with E-state index in [4.69, 9.17) is 16.7 Å². The van der Waals surface area contributed by atoms with Crippen molar-refractivity contribution < 1.29 is 9.90 Å². The number of nitrogens with zero attached hydrogens (tertiary/aromatic N) is 1. The number of aromatic carboxylic acids is 1. The van der Waals surface area contributed by atoms with E-state index in [1.807, 2.05) is 0 Å². The van der Waals surface area contributed by atoms with Gasteiger partial charge in [0.05, 0.1) is 11.1 Å². The molecule has 15 heavy (non-hydrogen) atoms. The van der Waals surface area contributed by atoms with Crippen molar-refractivity contribution in [3.63, 3.8) is 0 Å². The highest BCUT2D eigenvalue weighted by atomic mass is 79.9. The summed E-state index contributed by atoms with van der Waals surface area (Å²) in [6, 6.07) is 6.57. The molecular weight excluding hydrogens is 281 g/mol. The number of aromatic nitrogens is 1. The lowest BCUT2D eigenvalue weighted by molar-refractivity contribution is 0.0699. The molecule has 0 fully saturated rings. The van der Waals surface area contributed by atoms with Crippen molar-refractivity contribution in [3.05, 3.63) is 39.5 Å². The van der Waals surface area contributed by atoms with E-state index in [2.05, 4.69) is 20.9 Å². The average molecular weight is 287 g/mol. The van der Waals surface area contributed by atoms with Crippen LogP contribution in [0.5, 0.6) is 0 Å². The van der Waals surface area contributed by atoms with Gasteiger partial charge in [-0.3, -0.25) is 0 Å². The van der Waals surface area contributed by atoms with Crippen molar-refractivity contribution in [2.75, 3.05) is 0 Å². The second-order valence-electron chi connectivity index (χ2n) is 2.96. The van der Waals surface area contributed by atoms with Crippen LogP contribution in [0.3, 0.4) is 0 Å². The highest BCUT2D eigenvalue weighted by molar-refractivity contribution is 9.10. The molecule has 76 valence electrons. The summed E-state index contributed by atoms with van der Waals surface area (Å²) in [5.41, 5.74) is 0.731. The minimum atomic E-state index is -1.01. The molecule has 0 spiro atoms. The Morgan fingerprint density at radius 2 is 2.13 bits per heavy atom. The Labute approximate surface area is 98.8 Å². The third-order valence-corrected chi connectivity index (χ3v) is 2.66. The van der Waals surface area contributed by atoms with Gasteiger partial charge in [-0.25, -0.2) is 9.78 Å². The first-order valence-electron chi connectivity index (χ1n) is 4.07. The molecule has 1 aromatic heterocycles. The number of carboxylic acid groups (broad SMARTS) is 1. The maximum atomic E-state index is 11.0. The molecule has 0 saturated heterocycles. The lowest BCUT2D eigenvalue weighted by Gasteiger charge is -2.03. The second-order valence-corrected chi connectivity index (χ2v) is 4.26. The smallest absolute Gasteiger partial charge is 0.336 e. The van der Waals surface area contributed by atoms with E-state index in [9.17, 15) is 4.79 Å². The third-order valence-electron chi connectivity index (χ3n) is 1.97. The summed E-state index contributed by atoms with van der Waals surface area (Å²) in [4.78, 5) is 15.0. The van der Waals surface area contributed by atoms with Crippen LogP contribution in [0.4, 0.5) is 0 Å². The Morgan fingerprint density at radius 3 is 2.80 bits per heavy atom. The first kappa shape index (κ1) is 10.4. The van der Waals surface area contributed by atoms with Crippen LogP contribution >= 0.6 is 27.5 Å². The van der Waals surface area contributed by atoms with Crippen LogP contribution in [0.2, 0.25) is 5.15 Å². The van der Waals surface area contributed by atoms with Gasteiger partial charge in [0.1, 0.15) is 5.15 Å². The molecule has 5 heteroatoms. The zero-order chi connectivity index (χ0) is 11.0. The normalized spacial score (nSPS) is 10.5. The SMILES string of the molecule is O=C(O)c1cc(Cl)nc2ccc(Br)cc12. The Kier molecular flexibility index (Phi) is 2.63. The first-order chi connectivity index (χ1) is 7.08. The largest absolute Gasteiger partial charge is 0.478 e. The minimum Gasteiger partial charge on any atom is -0.478 e. The Hall–Kier alpha value is -1.13. The van der Waals surface area contributed by atoms with Crippen molar-refractivity contribution in [3.8, 4) is 0 Å². The molecule has 2 aromatic rings. The Balaban J connectivity index is 2.87. The van der Waals surface area contributed by atoms with Gasteiger partial charge in [-0.1, -0.05) is 27.5 Å². The Morgan fingerprint density at radius 1 is 1.40 bits per heavy atom.